The number of nitrogens with zero attached hydrogens (tertiary/aromatic N) is 1. The molecular formula is C24H18F2N2O3. The first kappa shape index (κ1) is 20.3. The van der Waals surface area contributed by atoms with Crippen molar-refractivity contribution in [3.63, 3.8) is 0 Å². The number of urea groups is 1. The molecule has 1 aliphatic heterocycles. The molecule has 0 bridgehead atoms. The Morgan fingerprint density at radius 3 is 2.52 bits per heavy atom. The van der Waals surface area contributed by atoms with Crippen LogP contribution < -0.4 is 10.1 Å². The van der Waals surface area contributed by atoms with E-state index in [9.17, 15) is 18.4 Å². The van der Waals surface area contributed by atoms with Gasteiger partial charge in [0.1, 0.15) is 29.7 Å². The molecule has 1 N–H and O–H groups in total. The molecule has 156 valence electrons. The number of nitrogens with one attached hydrogen (secondary N) is 1. The first-order chi connectivity index (χ1) is 15.0. The Hall–Kier alpha value is -4.00. The van der Waals surface area contributed by atoms with Crippen LogP contribution in [0.2, 0.25) is 0 Å². The molecule has 1 aliphatic rings. The molecule has 0 unspecified atom stereocenters. The van der Waals surface area contributed by atoms with E-state index in [1.54, 1.807) is 42.5 Å². The fourth-order valence-corrected chi connectivity index (χ4v) is 3.19. The van der Waals surface area contributed by atoms with Gasteiger partial charge in [-0.3, -0.25) is 9.69 Å². The van der Waals surface area contributed by atoms with Crippen molar-refractivity contribution in [3.8, 4) is 5.75 Å². The van der Waals surface area contributed by atoms with Crippen LogP contribution >= 0.6 is 0 Å². The summed E-state index contributed by atoms with van der Waals surface area (Å²) in [6, 6.07) is 18.4. The third kappa shape index (κ3) is 4.61. The molecular weight excluding hydrogens is 402 g/mol. The number of ether oxygens (including phenoxy) is 1. The van der Waals surface area contributed by atoms with Crippen molar-refractivity contribution in [1.29, 1.82) is 0 Å². The Bertz CT molecular complexity index is 1180. The van der Waals surface area contributed by atoms with Crippen LogP contribution in [0.1, 0.15) is 16.7 Å². The lowest BCUT2D eigenvalue weighted by Gasteiger charge is -2.12. The van der Waals surface area contributed by atoms with E-state index in [0.29, 0.717) is 16.9 Å². The summed E-state index contributed by atoms with van der Waals surface area (Å²) in [4.78, 5) is 26.0. The Morgan fingerprint density at radius 1 is 0.935 bits per heavy atom. The monoisotopic (exact) mass is 420 g/mol. The zero-order valence-corrected chi connectivity index (χ0v) is 16.3. The first-order valence-electron chi connectivity index (χ1n) is 9.55. The molecule has 0 radical (unpaired) electrons. The van der Waals surface area contributed by atoms with Crippen molar-refractivity contribution in [2.75, 3.05) is 0 Å². The van der Waals surface area contributed by atoms with Crippen LogP contribution in [0.4, 0.5) is 13.6 Å². The Kier molecular flexibility index (Phi) is 5.75. The van der Waals surface area contributed by atoms with E-state index in [4.69, 9.17) is 4.74 Å². The van der Waals surface area contributed by atoms with Gasteiger partial charge in [0.15, 0.2) is 0 Å². The van der Waals surface area contributed by atoms with E-state index in [1.165, 1.54) is 36.4 Å². The number of rotatable bonds is 6. The van der Waals surface area contributed by atoms with E-state index in [-0.39, 0.29) is 30.2 Å². The predicted molar refractivity (Wildman–Crippen MR) is 111 cm³/mol. The Morgan fingerprint density at radius 2 is 1.71 bits per heavy atom. The maximum absolute atomic E-state index is 13.9. The van der Waals surface area contributed by atoms with E-state index in [1.807, 2.05) is 0 Å². The van der Waals surface area contributed by atoms with E-state index < -0.39 is 17.8 Å². The molecule has 4 rings (SSSR count). The van der Waals surface area contributed by atoms with Gasteiger partial charge in [-0.2, -0.15) is 0 Å². The van der Waals surface area contributed by atoms with Crippen molar-refractivity contribution in [2.45, 2.75) is 13.2 Å². The molecule has 5 nitrogen and oxygen atoms in total. The first-order valence-corrected chi connectivity index (χ1v) is 9.55. The molecule has 3 amide bonds. The van der Waals surface area contributed by atoms with Gasteiger partial charge in [-0.05, 0) is 35.9 Å². The molecule has 3 aromatic rings. The molecule has 0 aromatic heterocycles. The molecule has 1 heterocycles. The Labute approximate surface area is 177 Å². The minimum absolute atomic E-state index is 0.0585. The zero-order valence-electron chi connectivity index (χ0n) is 16.3. The van der Waals surface area contributed by atoms with Crippen molar-refractivity contribution >= 4 is 18.0 Å². The van der Waals surface area contributed by atoms with Crippen molar-refractivity contribution < 1.29 is 23.1 Å². The molecule has 3 aromatic carbocycles. The summed E-state index contributed by atoms with van der Waals surface area (Å²) in [5.41, 5.74) is 1.52. The third-order valence-electron chi connectivity index (χ3n) is 4.75. The highest BCUT2D eigenvalue weighted by Gasteiger charge is 2.34. The molecule has 1 fully saturated rings. The summed E-state index contributed by atoms with van der Waals surface area (Å²) < 4.78 is 33.1. The van der Waals surface area contributed by atoms with Crippen LogP contribution in [0.25, 0.3) is 6.08 Å². The van der Waals surface area contributed by atoms with Crippen molar-refractivity contribution in [1.82, 2.24) is 10.2 Å². The Balaban J connectivity index is 1.53. The maximum atomic E-state index is 13.9. The quantitative estimate of drug-likeness (QED) is 0.467. The van der Waals surface area contributed by atoms with Gasteiger partial charge in [0.2, 0.25) is 0 Å². The smallest absolute Gasteiger partial charge is 0.329 e. The highest BCUT2D eigenvalue weighted by atomic mass is 19.1. The molecule has 0 saturated carbocycles. The molecule has 0 atom stereocenters. The lowest BCUT2D eigenvalue weighted by molar-refractivity contribution is -0.123. The summed E-state index contributed by atoms with van der Waals surface area (Å²) in [7, 11) is 0. The van der Waals surface area contributed by atoms with Crippen molar-refractivity contribution in [3.05, 3.63) is 107 Å². The molecule has 1 saturated heterocycles. The fourth-order valence-electron chi connectivity index (χ4n) is 3.19. The number of carbonyl (C=O) groups excluding carboxylic acids is 2. The van der Waals surface area contributed by atoms with Gasteiger partial charge in [-0.25, -0.2) is 13.6 Å². The lowest BCUT2D eigenvalue weighted by atomic mass is 10.1. The van der Waals surface area contributed by atoms with Crippen LogP contribution in [0.15, 0.2) is 78.5 Å². The summed E-state index contributed by atoms with van der Waals surface area (Å²) in [5.74, 6) is -0.940. The van der Waals surface area contributed by atoms with Crippen LogP contribution in [0.5, 0.6) is 5.75 Å². The lowest BCUT2D eigenvalue weighted by Crippen LogP contribution is -2.30. The second-order valence-electron chi connectivity index (χ2n) is 6.93. The minimum atomic E-state index is -0.627. The van der Waals surface area contributed by atoms with E-state index in [0.717, 1.165) is 4.90 Å². The number of imide groups is 1. The average Bonchev–Trinajstić information content (AvgIpc) is 3.02. The van der Waals surface area contributed by atoms with Crippen LogP contribution in [-0.2, 0) is 17.9 Å². The predicted octanol–water partition coefficient (Wildman–Crippen LogP) is 4.64. The molecule has 0 aliphatic carbocycles. The highest BCUT2D eigenvalue weighted by Crippen LogP contribution is 2.24. The van der Waals surface area contributed by atoms with Crippen LogP contribution in [0.3, 0.4) is 0 Å². The SMILES string of the molecule is O=C1N/C(=C/c2ccccc2OCc2cccc(F)c2)C(=O)N1Cc1ccccc1F. The normalized spacial score (nSPS) is 14.8. The standard InChI is InChI=1S/C24H18F2N2O3/c25-19-9-5-6-16(12-19)15-31-22-11-4-2-7-17(22)13-21-23(29)28(24(30)27-21)14-18-8-1-3-10-20(18)26/h1-13H,14-15H2,(H,27,30)/b21-13+. The average molecular weight is 420 g/mol. The van der Waals surface area contributed by atoms with Crippen LogP contribution in [0, 0.1) is 11.6 Å². The van der Waals surface area contributed by atoms with Gasteiger partial charge in [-0.15, -0.1) is 0 Å². The fraction of sp³-hybridized carbons (Fsp3) is 0.0833. The van der Waals surface area contributed by atoms with Gasteiger partial charge in [0.25, 0.3) is 5.91 Å². The number of para-hydroxylation sites is 1. The van der Waals surface area contributed by atoms with E-state index in [2.05, 4.69) is 5.32 Å². The molecule has 31 heavy (non-hydrogen) atoms. The largest absolute Gasteiger partial charge is 0.488 e. The zero-order chi connectivity index (χ0) is 21.8. The maximum Gasteiger partial charge on any atom is 0.329 e. The summed E-state index contributed by atoms with van der Waals surface area (Å²) in [6.07, 6.45) is 1.50. The van der Waals surface area contributed by atoms with Gasteiger partial charge in [0.05, 0.1) is 6.54 Å². The number of benzene rings is 3. The van der Waals surface area contributed by atoms with E-state index >= 15 is 0 Å². The summed E-state index contributed by atoms with van der Waals surface area (Å²) in [5, 5.41) is 2.52. The third-order valence-corrected chi connectivity index (χ3v) is 4.75. The van der Waals surface area contributed by atoms with Gasteiger partial charge in [0, 0.05) is 11.1 Å². The molecule has 0 spiro atoms. The van der Waals surface area contributed by atoms with Gasteiger partial charge in [-0.1, -0.05) is 48.5 Å². The second kappa shape index (κ2) is 8.79. The number of hydrogen-bond acceptors (Lipinski definition) is 3. The minimum Gasteiger partial charge on any atom is -0.488 e. The number of amides is 3. The number of halogens is 2. The molecule has 7 heteroatoms. The summed E-state index contributed by atoms with van der Waals surface area (Å²) >= 11 is 0. The van der Waals surface area contributed by atoms with Gasteiger partial charge >= 0.3 is 6.03 Å². The second-order valence-corrected chi connectivity index (χ2v) is 6.93. The highest BCUT2D eigenvalue weighted by molar-refractivity contribution is 6.14. The van der Waals surface area contributed by atoms with Crippen molar-refractivity contribution in [2.24, 2.45) is 0 Å². The number of hydrogen-bond donors (Lipinski definition) is 1. The number of carbonyl (C=O) groups is 2. The van der Waals surface area contributed by atoms with Crippen LogP contribution in [-0.4, -0.2) is 16.8 Å². The van der Waals surface area contributed by atoms with Gasteiger partial charge < -0.3 is 10.1 Å². The summed E-state index contributed by atoms with van der Waals surface area (Å²) in [6.45, 7) is -0.0376. The topological polar surface area (TPSA) is 58.6 Å².